The summed E-state index contributed by atoms with van der Waals surface area (Å²) >= 11 is 10.8. The van der Waals surface area contributed by atoms with Crippen molar-refractivity contribution in [3.63, 3.8) is 0 Å². The van der Waals surface area contributed by atoms with Crippen molar-refractivity contribution in [3.05, 3.63) is 54.1 Å². The molecule has 0 bridgehead atoms. The molecule has 0 spiro atoms. The third-order valence-electron chi connectivity index (χ3n) is 2.55. The second-order valence-electron chi connectivity index (χ2n) is 3.93. The van der Waals surface area contributed by atoms with Crippen LogP contribution in [0.2, 0.25) is 5.02 Å². The van der Waals surface area contributed by atoms with Crippen LogP contribution in [-0.4, -0.2) is 4.92 Å². The SMILES string of the molecule is CC(Nc1ccc(Cl)cc1[N+](=O)[O-])c1ccc(Br)s1. The van der Waals surface area contributed by atoms with E-state index in [0.29, 0.717) is 10.7 Å². The number of nitro groups is 1. The molecule has 1 unspecified atom stereocenters. The van der Waals surface area contributed by atoms with Crippen LogP contribution in [0.5, 0.6) is 0 Å². The number of rotatable bonds is 4. The van der Waals surface area contributed by atoms with Crippen molar-refractivity contribution in [3.8, 4) is 0 Å². The van der Waals surface area contributed by atoms with Gasteiger partial charge in [-0.05, 0) is 47.1 Å². The molecule has 19 heavy (non-hydrogen) atoms. The molecule has 0 aliphatic rings. The standard InChI is InChI=1S/C12H10BrClN2O2S/c1-7(11-4-5-12(13)19-11)15-9-3-2-8(14)6-10(9)16(17)18/h2-7,15H,1H3. The zero-order valence-corrected chi connectivity index (χ0v) is 13.1. The summed E-state index contributed by atoms with van der Waals surface area (Å²) in [5, 5.41) is 14.5. The summed E-state index contributed by atoms with van der Waals surface area (Å²) in [4.78, 5) is 11.7. The smallest absolute Gasteiger partial charge is 0.293 e. The average Bonchev–Trinajstić information content (AvgIpc) is 2.78. The summed E-state index contributed by atoms with van der Waals surface area (Å²) < 4.78 is 1.03. The number of nitrogens with one attached hydrogen (secondary N) is 1. The van der Waals surface area contributed by atoms with Crippen LogP contribution in [0.25, 0.3) is 0 Å². The van der Waals surface area contributed by atoms with Crippen LogP contribution in [-0.2, 0) is 0 Å². The third-order valence-corrected chi connectivity index (χ3v) is 4.59. The molecule has 1 aromatic carbocycles. The van der Waals surface area contributed by atoms with Crippen LogP contribution in [0.15, 0.2) is 34.1 Å². The van der Waals surface area contributed by atoms with E-state index < -0.39 is 4.92 Å². The first kappa shape index (κ1) is 14.3. The van der Waals surface area contributed by atoms with Gasteiger partial charge in [-0.15, -0.1) is 11.3 Å². The molecule has 0 saturated heterocycles. The summed E-state index contributed by atoms with van der Waals surface area (Å²) in [5.41, 5.74) is 0.446. The maximum atomic E-state index is 11.0. The van der Waals surface area contributed by atoms with Gasteiger partial charge in [0.25, 0.3) is 5.69 Å². The molecule has 4 nitrogen and oxygen atoms in total. The van der Waals surface area contributed by atoms with Crippen LogP contribution in [0.1, 0.15) is 17.8 Å². The molecular formula is C12H10BrClN2O2S. The van der Waals surface area contributed by atoms with E-state index in [-0.39, 0.29) is 11.7 Å². The van der Waals surface area contributed by atoms with Crippen LogP contribution in [0.4, 0.5) is 11.4 Å². The number of benzene rings is 1. The first-order valence-corrected chi connectivity index (χ1v) is 7.42. The maximum absolute atomic E-state index is 11.0. The van der Waals surface area contributed by atoms with E-state index in [4.69, 9.17) is 11.6 Å². The lowest BCUT2D eigenvalue weighted by molar-refractivity contribution is -0.384. The number of halogens is 2. The Hall–Kier alpha value is -1.11. The van der Waals surface area contributed by atoms with Gasteiger partial charge in [0.2, 0.25) is 0 Å². The van der Waals surface area contributed by atoms with E-state index in [9.17, 15) is 10.1 Å². The van der Waals surface area contributed by atoms with E-state index in [1.807, 2.05) is 19.1 Å². The highest BCUT2D eigenvalue weighted by Gasteiger charge is 2.17. The molecule has 7 heteroatoms. The zero-order valence-electron chi connectivity index (χ0n) is 9.89. The third kappa shape index (κ3) is 3.46. The molecule has 2 rings (SSSR count). The molecule has 0 fully saturated rings. The van der Waals surface area contributed by atoms with Crippen molar-refractivity contribution in [1.29, 1.82) is 0 Å². The summed E-state index contributed by atoms with van der Waals surface area (Å²) in [6, 6.07) is 8.52. The Morgan fingerprint density at radius 1 is 1.42 bits per heavy atom. The molecule has 1 aromatic heterocycles. The van der Waals surface area contributed by atoms with E-state index in [2.05, 4.69) is 21.2 Å². The van der Waals surface area contributed by atoms with Gasteiger partial charge < -0.3 is 5.32 Å². The highest BCUT2D eigenvalue weighted by molar-refractivity contribution is 9.11. The molecule has 2 aromatic rings. The van der Waals surface area contributed by atoms with Crippen molar-refractivity contribution in [2.75, 3.05) is 5.32 Å². The van der Waals surface area contributed by atoms with Gasteiger partial charge in [0.1, 0.15) is 5.69 Å². The van der Waals surface area contributed by atoms with Crippen LogP contribution >= 0.6 is 38.9 Å². The maximum Gasteiger partial charge on any atom is 0.293 e. The molecule has 100 valence electrons. The second-order valence-corrected chi connectivity index (χ2v) is 6.86. The predicted octanol–water partition coefficient (Wildman–Crippen LogP) is 5.25. The van der Waals surface area contributed by atoms with Gasteiger partial charge >= 0.3 is 0 Å². The number of anilines is 1. The van der Waals surface area contributed by atoms with E-state index in [1.54, 1.807) is 23.5 Å². The normalized spacial score (nSPS) is 12.2. The van der Waals surface area contributed by atoms with Crippen molar-refractivity contribution in [2.45, 2.75) is 13.0 Å². The Morgan fingerprint density at radius 2 is 2.16 bits per heavy atom. The van der Waals surface area contributed by atoms with E-state index in [0.717, 1.165) is 8.66 Å². The van der Waals surface area contributed by atoms with Gasteiger partial charge in [0.05, 0.1) is 14.8 Å². The molecule has 0 aliphatic carbocycles. The summed E-state index contributed by atoms with van der Waals surface area (Å²) in [6.45, 7) is 1.95. The average molecular weight is 362 g/mol. The first-order valence-electron chi connectivity index (χ1n) is 5.43. The van der Waals surface area contributed by atoms with E-state index >= 15 is 0 Å². The Bertz CT molecular complexity index is 618. The first-order chi connectivity index (χ1) is 8.97. The minimum atomic E-state index is -0.439. The molecule has 0 radical (unpaired) electrons. The topological polar surface area (TPSA) is 55.2 Å². The van der Waals surface area contributed by atoms with Crippen LogP contribution in [0, 0.1) is 10.1 Å². The molecule has 1 atom stereocenters. The fourth-order valence-electron chi connectivity index (χ4n) is 1.64. The summed E-state index contributed by atoms with van der Waals surface area (Å²) in [7, 11) is 0. The fourth-order valence-corrected chi connectivity index (χ4v) is 3.24. The largest absolute Gasteiger partial charge is 0.372 e. The minimum Gasteiger partial charge on any atom is -0.372 e. The lowest BCUT2D eigenvalue weighted by Gasteiger charge is -2.13. The quantitative estimate of drug-likeness (QED) is 0.598. The fraction of sp³-hybridized carbons (Fsp3) is 0.167. The van der Waals surface area contributed by atoms with Gasteiger partial charge in [0.15, 0.2) is 0 Å². The van der Waals surface area contributed by atoms with Crippen molar-refractivity contribution < 1.29 is 4.92 Å². The van der Waals surface area contributed by atoms with Gasteiger partial charge in [-0.1, -0.05) is 11.6 Å². The molecule has 0 saturated carbocycles. The molecule has 1 N–H and O–H groups in total. The van der Waals surface area contributed by atoms with Gasteiger partial charge in [-0.3, -0.25) is 10.1 Å². The number of thiophene rings is 1. The minimum absolute atomic E-state index is 0.0174. The lowest BCUT2D eigenvalue weighted by Crippen LogP contribution is -2.06. The number of hydrogen-bond acceptors (Lipinski definition) is 4. The summed E-state index contributed by atoms with van der Waals surface area (Å²) in [6.07, 6.45) is 0. The predicted molar refractivity (Wildman–Crippen MR) is 82.2 cm³/mol. The number of nitrogens with zero attached hydrogens (tertiary/aromatic N) is 1. The summed E-state index contributed by atoms with van der Waals surface area (Å²) in [5.74, 6) is 0. The van der Waals surface area contributed by atoms with Gasteiger partial charge in [0, 0.05) is 16.0 Å². The molecule has 0 aliphatic heterocycles. The highest BCUT2D eigenvalue weighted by Crippen LogP contribution is 2.33. The number of nitro benzene ring substituents is 1. The van der Waals surface area contributed by atoms with Gasteiger partial charge in [-0.25, -0.2) is 0 Å². The van der Waals surface area contributed by atoms with Crippen molar-refractivity contribution >= 4 is 50.2 Å². The van der Waals surface area contributed by atoms with Crippen LogP contribution in [0.3, 0.4) is 0 Å². The van der Waals surface area contributed by atoms with Gasteiger partial charge in [-0.2, -0.15) is 0 Å². The number of hydrogen-bond donors (Lipinski definition) is 1. The van der Waals surface area contributed by atoms with Crippen molar-refractivity contribution in [2.24, 2.45) is 0 Å². The molecule has 1 heterocycles. The molecular weight excluding hydrogens is 352 g/mol. The Labute approximate surface area is 127 Å². The zero-order chi connectivity index (χ0) is 14.0. The lowest BCUT2D eigenvalue weighted by atomic mass is 10.2. The Balaban J connectivity index is 2.26. The Morgan fingerprint density at radius 3 is 2.74 bits per heavy atom. The second kappa shape index (κ2) is 5.90. The van der Waals surface area contributed by atoms with Crippen molar-refractivity contribution in [1.82, 2.24) is 0 Å². The van der Waals surface area contributed by atoms with Crippen LogP contribution < -0.4 is 5.32 Å². The molecule has 0 amide bonds. The Kier molecular flexibility index (Phi) is 4.44. The monoisotopic (exact) mass is 360 g/mol. The highest BCUT2D eigenvalue weighted by atomic mass is 79.9. The van der Waals surface area contributed by atoms with E-state index in [1.165, 1.54) is 6.07 Å².